The van der Waals surface area contributed by atoms with E-state index in [2.05, 4.69) is 15.3 Å². The van der Waals surface area contributed by atoms with Crippen LogP contribution in [0.4, 0.5) is 5.82 Å². The summed E-state index contributed by atoms with van der Waals surface area (Å²) < 4.78 is 7.93. The first-order valence-electron chi connectivity index (χ1n) is 12.2. The van der Waals surface area contributed by atoms with Crippen LogP contribution >= 0.6 is 0 Å². The van der Waals surface area contributed by atoms with Gasteiger partial charge in [-0.1, -0.05) is 18.2 Å². The third-order valence-electron chi connectivity index (χ3n) is 6.34. The van der Waals surface area contributed by atoms with E-state index in [4.69, 9.17) is 4.74 Å². The summed E-state index contributed by atoms with van der Waals surface area (Å²) in [6.07, 6.45) is 5.48. The number of piperidine rings is 1. The number of likely N-dealkylation sites (tertiary alicyclic amines) is 1. The molecular formula is C28H29N5O3. The molecule has 1 atom stereocenters. The molecule has 1 saturated heterocycles. The van der Waals surface area contributed by atoms with Crippen LogP contribution in [0.25, 0.3) is 5.65 Å². The van der Waals surface area contributed by atoms with Crippen LogP contribution in [0.3, 0.4) is 0 Å². The molecule has 184 valence electrons. The fraction of sp³-hybridized carbons (Fsp3) is 0.286. The topological polar surface area (TPSA) is 88.8 Å². The van der Waals surface area contributed by atoms with E-state index in [9.17, 15) is 9.59 Å². The lowest BCUT2D eigenvalue weighted by Gasteiger charge is -2.32. The van der Waals surface area contributed by atoms with Crippen molar-refractivity contribution in [1.29, 1.82) is 0 Å². The van der Waals surface area contributed by atoms with Crippen LogP contribution in [0, 0.1) is 19.8 Å². The molecule has 36 heavy (non-hydrogen) atoms. The number of carbonyl (C=O) groups excluding carboxylic acids is 2. The minimum absolute atomic E-state index is 0.102. The van der Waals surface area contributed by atoms with E-state index in [-0.39, 0.29) is 17.7 Å². The number of rotatable bonds is 6. The Morgan fingerprint density at radius 1 is 1.06 bits per heavy atom. The predicted molar refractivity (Wildman–Crippen MR) is 137 cm³/mol. The first kappa shape index (κ1) is 23.5. The zero-order valence-corrected chi connectivity index (χ0v) is 20.5. The van der Waals surface area contributed by atoms with Crippen LogP contribution in [0.1, 0.15) is 40.2 Å². The second-order valence-corrected chi connectivity index (χ2v) is 9.26. The summed E-state index contributed by atoms with van der Waals surface area (Å²) in [6, 6.07) is 16.7. The average Bonchev–Trinajstić information content (AvgIpc) is 3.29. The summed E-state index contributed by atoms with van der Waals surface area (Å²) in [5, 5.41) is 2.89. The van der Waals surface area contributed by atoms with Gasteiger partial charge in [0.2, 0.25) is 5.91 Å². The van der Waals surface area contributed by atoms with E-state index < -0.39 is 0 Å². The number of benzene rings is 1. The number of pyridine rings is 2. The lowest BCUT2D eigenvalue weighted by atomic mass is 9.96. The molecule has 0 saturated carbocycles. The maximum absolute atomic E-state index is 13.3. The molecule has 8 heteroatoms. The van der Waals surface area contributed by atoms with Gasteiger partial charge in [0, 0.05) is 36.7 Å². The van der Waals surface area contributed by atoms with Crippen LogP contribution < -0.4 is 10.1 Å². The number of anilines is 1. The molecule has 8 nitrogen and oxygen atoms in total. The Balaban J connectivity index is 1.21. The quantitative estimate of drug-likeness (QED) is 0.439. The number of ether oxygens (including phenoxy) is 1. The highest BCUT2D eigenvalue weighted by atomic mass is 16.5. The highest BCUT2D eigenvalue weighted by molar-refractivity contribution is 5.96. The SMILES string of the molecule is Cc1ccc2nc(COc3cccc(C(=O)N4CCCC(C(=O)Nc5cccc(C)n5)C4)c3)cn2c1. The van der Waals surface area contributed by atoms with Crippen LogP contribution in [0.2, 0.25) is 0 Å². The highest BCUT2D eigenvalue weighted by Crippen LogP contribution is 2.22. The summed E-state index contributed by atoms with van der Waals surface area (Å²) in [7, 11) is 0. The van der Waals surface area contributed by atoms with Crippen molar-refractivity contribution in [3.63, 3.8) is 0 Å². The van der Waals surface area contributed by atoms with Gasteiger partial charge < -0.3 is 19.4 Å². The highest BCUT2D eigenvalue weighted by Gasteiger charge is 2.29. The number of nitrogens with one attached hydrogen (secondary N) is 1. The zero-order valence-electron chi connectivity index (χ0n) is 20.5. The van der Waals surface area contributed by atoms with Gasteiger partial charge in [-0.3, -0.25) is 9.59 Å². The maximum atomic E-state index is 13.3. The van der Waals surface area contributed by atoms with E-state index in [1.807, 2.05) is 67.0 Å². The van der Waals surface area contributed by atoms with Crippen molar-refractivity contribution < 1.29 is 14.3 Å². The summed E-state index contributed by atoms with van der Waals surface area (Å²) in [4.78, 5) is 36.8. The van der Waals surface area contributed by atoms with Gasteiger partial charge in [0.25, 0.3) is 5.91 Å². The van der Waals surface area contributed by atoms with Crippen LogP contribution in [0.15, 0.2) is 67.0 Å². The summed E-state index contributed by atoms with van der Waals surface area (Å²) >= 11 is 0. The minimum atomic E-state index is -0.275. The monoisotopic (exact) mass is 483 g/mol. The second-order valence-electron chi connectivity index (χ2n) is 9.26. The van der Waals surface area contributed by atoms with Gasteiger partial charge in [0.1, 0.15) is 23.8 Å². The summed E-state index contributed by atoms with van der Waals surface area (Å²) in [5.74, 6) is 0.656. The molecule has 1 unspecified atom stereocenters. The number of hydrogen-bond donors (Lipinski definition) is 1. The largest absolute Gasteiger partial charge is 0.487 e. The van der Waals surface area contributed by atoms with E-state index in [1.54, 1.807) is 23.1 Å². The Labute approximate surface area is 209 Å². The van der Waals surface area contributed by atoms with Crippen LogP contribution in [-0.2, 0) is 11.4 Å². The molecule has 1 fully saturated rings. The van der Waals surface area contributed by atoms with E-state index in [1.165, 1.54) is 0 Å². The summed E-state index contributed by atoms with van der Waals surface area (Å²) in [6.45, 7) is 5.22. The lowest BCUT2D eigenvalue weighted by Crippen LogP contribution is -2.43. The Bertz CT molecular complexity index is 1410. The van der Waals surface area contributed by atoms with Gasteiger partial charge in [-0.05, 0) is 68.7 Å². The normalized spacial score (nSPS) is 15.6. The summed E-state index contributed by atoms with van der Waals surface area (Å²) in [5.41, 5.74) is 4.21. The van der Waals surface area contributed by atoms with Gasteiger partial charge in [-0.25, -0.2) is 9.97 Å². The van der Waals surface area contributed by atoms with Gasteiger partial charge in [0.15, 0.2) is 0 Å². The molecule has 3 aromatic heterocycles. The third-order valence-corrected chi connectivity index (χ3v) is 6.34. The van der Waals surface area contributed by atoms with Crippen molar-refractivity contribution in [3.05, 3.63) is 89.5 Å². The Morgan fingerprint density at radius 3 is 2.78 bits per heavy atom. The molecule has 4 heterocycles. The van der Waals surface area contributed by atoms with Crippen LogP contribution in [0.5, 0.6) is 5.75 Å². The number of aryl methyl sites for hydroxylation is 2. The van der Waals surface area contributed by atoms with Gasteiger partial charge in [0.05, 0.1) is 11.6 Å². The van der Waals surface area contributed by atoms with E-state index >= 15 is 0 Å². The minimum Gasteiger partial charge on any atom is -0.487 e. The predicted octanol–water partition coefficient (Wildman–Crippen LogP) is 4.42. The van der Waals surface area contributed by atoms with E-state index in [0.29, 0.717) is 36.8 Å². The average molecular weight is 484 g/mol. The molecule has 1 aliphatic heterocycles. The number of nitrogens with zero attached hydrogens (tertiary/aromatic N) is 4. The molecule has 5 rings (SSSR count). The number of aromatic nitrogens is 3. The van der Waals surface area contributed by atoms with Crippen molar-refractivity contribution in [2.24, 2.45) is 5.92 Å². The molecule has 0 aliphatic carbocycles. The van der Waals surface area contributed by atoms with Crippen molar-refractivity contribution in [3.8, 4) is 5.75 Å². The molecule has 1 N–H and O–H groups in total. The van der Waals surface area contributed by atoms with Crippen molar-refractivity contribution in [1.82, 2.24) is 19.3 Å². The number of fused-ring (bicyclic) bond motifs is 1. The van der Waals surface area contributed by atoms with Crippen LogP contribution in [-0.4, -0.2) is 44.2 Å². The fourth-order valence-corrected chi connectivity index (χ4v) is 4.50. The number of hydrogen-bond acceptors (Lipinski definition) is 5. The van der Waals surface area contributed by atoms with Gasteiger partial charge in [-0.15, -0.1) is 0 Å². The molecule has 2 amide bonds. The van der Waals surface area contributed by atoms with Gasteiger partial charge >= 0.3 is 0 Å². The first-order valence-corrected chi connectivity index (χ1v) is 12.2. The first-order chi connectivity index (χ1) is 17.4. The third kappa shape index (κ3) is 5.38. The number of amides is 2. The molecule has 1 aliphatic rings. The molecule has 1 aromatic carbocycles. The van der Waals surface area contributed by atoms with E-state index in [0.717, 1.165) is 35.4 Å². The second kappa shape index (κ2) is 10.2. The maximum Gasteiger partial charge on any atom is 0.254 e. The van der Waals surface area contributed by atoms with Gasteiger partial charge in [-0.2, -0.15) is 0 Å². The Hall–Kier alpha value is -4.20. The molecule has 4 aromatic rings. The number of imidazole rings is 1. The fourth-order valence-electron chi connectivity index (χ4n) is 4.50. The van der Waals surface area contributed by atoms with Crippen molar-refractivity contribution in [2.45, 2.75) is 33.3 Å². The molecule has 0 bridgehead atoms. The number of carbonyl (C=O) groups is 2. The molecular weight excluding hydrogens is 454 g/mol. The standard InChI is InChI=1S/C28H29N5O3/c1-19-11-12-26-30-23(17-33(26)15-19)18-36-24-9-4-7-21(14-24)28(35)32-13-5-8-22(16-32)27(34)31-25-10-3-6-20(2)29-25/h3-4,6-7,9-12,14-15,17,22H,5,8,13,16,18H2,1-2H3,(H,29,31,34). The molecule has 0 spiro atoms. The lowest BCUT2D eigenvalue weighted by molar-refractivity contribution is -0.121. The Kier molecular flexibility index (Phi) is 6.66. The zero-order chi connectivity index (χ0) is 25.1. The van der Waals surface area contributed by atoms with Crippen molar-refractivity contribution >= 4 is 23.3 Å². The van der Waals surface area contributed by atoms with Crippen molar-refractivity contribution in [2.75, 3.05) is 18.4 Å². The molecule has 0 radical (unpaired) electrons. The Morgan fingerprint density at radius 2 is 1.92 bits per heavy atom. The smallest absolute Gasteiger partial charge is 0.254 e.